The maximum absolute atomic E-state index is 13.7. The number of fused-ring (bicyclic) bond motifs is 1. The smallest absolute Gasteiger partial charge is 0.446 e. The van der Waals surface area contributed by atoms with Crippen molar-refractivity contribution in [2.45, 2.75) is 35.3 Å². The Kier molecular flexibility index (Phi) is 4.04. The standard InChI is InChI=1S/C14H11F5O3S/c15-13(16)5-8-9(22-7-3-4-21-6-7)1-2-10(11(8)12(13)20)23-14(17,18)19/h1-2,7H,3-6H2. The molecule has 1 fully saturated rings. The Hall–Kier alpha value is -1.35. The highest BCUT2D eigenvalue weighted by atomic mass is 32.2. The Morgan fingerprint density at radius 2 is 2.04 bits per heavy atom. The molecule has 1 aromatic rings. The number of hydrogen-bond acceptors (Lipinski definition) is 4. The molecule has 2 aliphatic rings. The lowest BCUT2D eigenvalue weighted by molar-refractivity contribution is -0.0328. The van der Waals surface area contributed by atoms with Crippen LogP contribution in [0.25, 0.3) is 0 Å². The van der Waals surface area contributed by atoms with E-state index in [0.29, 0.717) is 13.0 Å². The molecule has 1 atom stereocenters. The van der Waals surface area contributed by atoms with Gasteiger partial charge in [0.05, 0.1) is 13.2 Å². The molecular weight excluding hydrogens is 343 g/mol. The van der Waals surface area contributed by atoms with Crippen molar-refractivity contribution in [2.24, 2.45) is 0 Å². The second-order valence-corrected chi connectivity index (χ2v) is 6.38. The van der Waals surface area contributed by atoms with Crippen LogP contribution in [0.5, 0.6) is 5.75 Å². The monoisotopic (exact) mass is 354 g/mol. The summed E-state index contributed by atoms with van der Waals surface area (Å²) in [4.78, 5) is 11.3. The number of alkyl halides is 5. The Morgan fingerprint density at radius 3 is 2.65 bits per heavy atom. The van der Waals surface area contributed by atoms with Crippen molar-refractivity contribution >= 4 is 17.5 Å². The molecule has 1 heterocycles. The van der Waals surface area contributed by atoms with Crippen LogP contribution in [-0.2, 0) is 11.2 Å². The molecule has 0 N–H and O–H groups in total. The summed E-state index contributed by atoms with van der Waals surface area (Å²) in [5, 5.41) is 0. The molecule has 0 bridgehead atoms. The predicted octanol–water partition coefficient (Wildman–Crippen LogP) is 3.84. The van der Waals surface area contributed by atoms with E-state index in [4.69, 9.17) is 9.47 Å². The van der Waals surface area contributed by atoms with Crippen LogP contribution >= 0.6 is 11.8 Å². The average Bonchev–Trinajstić information content (AvgIpc) is 2.99. The minimum absolute atomic E-state index is 0.0209. The summed E-state index contributed by atoms with van der Waals surface area (Å²) in [5.41, 5.74) is -5.43. The van der Waals surface area contributed by atoms with Gasteiger partial charge in [0.1, 0.15) is 11.9 Å². The number of ether oxygens (including phenoxy) is 2. The zero-order valence-corrected chi connectivity index (χ0v) is 12.4. The van der Waals surface area contributed by atoms with Gasteiger partial charge in [0.15, 0.2) is 0 Å². The van der Waals surface area contributed by atoms with Gasteiger partial charge in [-0.3, -0.25) is 4.79 Å². The van der Waals surface area contributed by atoms with Crippen LogP contribution in [0.3, 0.4) is 0 Å². The molecule has 126 valence electrons. The van der Waals surface area contributed by atoms with Crippen LogP contribution in [0.4, 0.5) is 22.0 Å². The molecule has 1 saturated heterocycles. The molecule has 0 amide bonds. The van der Waals surface area contributed by atoms with Crippen molar-refractivity contribution in [1.29, 1.82) is 0 Å². The van der Waals surface area contributed by atoms with Crippen LogP contribution in [0.15, 0.2) is 17.0 Å². The Labute approximate surface area is 132 Å². The van der Waals surface area contributed by atoms with Crippen molar-refractivity contribution < 1.29 is 36.2 Å². The molecule has 1 aliphatic carbocycles. The summed E-state index contributed by atoms with van der Waals surface area (Å²) in [5.74, 6) is -5.28. The highest BCUT2D eigenvalue weighted by Crippen LogP contribution is 2.47. The third-order valence-electron chi connectivity index (χ3n) is 3.60. The maximum Gasteiger partial charge on any atom is 0.446 e. The predicted molar refractivity (Wildman–Crippen MR) is 71.2 cm³/mol. The van der Waals surface area contributed by atoms with E-state index >= 15 is 0 Å². The number of hydrogen-bond donors (Lipinski definition) is 0. The van der Waals surface area contributed by atoms with E-state index in [1.54, 1.807) is 0 Å². The van der Waals surface area contributed by atoms with Crippen LogP contribution in [0, 0.1) is 0 Å². The number of Topliss-reactive ketones (excluding diaryl/α,β-unsaturated/α-hetero) is 1. The topological polar surface area (TPSA) is 35.5 Å². The second kappa shape index (κ2) is 5.62. The average molecular weight is 354 g/mol. The van der Waals surface area contributed by atoms with Crippen LogP contribution < -0.4 is 4.74 Å². The number of ketones is 1. The summed E-state index contributed by atoms with van der Waals surface area (Å²) < 4.78 is 75.8. The zero-order chi connectivity index (χ0) is 16.8. The van der Waals surface area contributed by atoms with E-state index < -0.39 is 45.9 Å². The summed E-state index contributed by atoms with van der Waals surface area (Å²) in [7, 11) is 0. The van der Waals surface area contributed by atoms with Gasteiger partial charge in [0.2, 0.25) is 5.78 Å². The Morgan fingerprint density at radius 1 is 1.30 bits per heavy atom. The van der Waals surface area contributed by atoms with Gasteiger partial charge in [-0.05, 0) is 23.9 Å². The fourth-order valence-electron chi connectivity index (χ4n) is 2.62. The number of thioether (sulfide) groups is 1. The Bertz CT molecular complexity index is 638. The van der Waals surface area contributed by atoms with E-state index in [9.17, 15) is 26.7 Å². The van der Waals surface area contributed by atoms with Gasteiger partial charge in [-0.2, -0.15) is 22.0 Å². The number of benzene rings is 1. The molecule has 1 aromatic carbocycles. The molecule has 9 heteroatoms. The number of halogens is 5. The quantitative estimate of drug-likeness (QED) is 0.610. The van der Waals surface area contributed by atoms with Gasteiger partial charge < -0.3 is 9.47 Å². The van der Waals surface area contributed by atoms with Gasteiger partial charge in [0, 0.05) is 28.9 Å². The minimum Gasteiger partial charge on any atom is -0.488 e. The van der Waals surface area contributed by atoms with Gasteiger partial charge in [-0.1, -0.05) is 0 Å². The SMILES string of the molecule is O=C1c2c(SC(F)(F)F)ccc(OC3CCOC3)c2CC1(F)F. The van der Waals surface area contributed by atoms with Gasteiger partial charge in [-0.25, -0.2) is 0 Å². The second-order valence-electron chi connectivity index (χ2n) is 5.28. The van der Waals surface area contributed by atoms with Gasteiger partial charge in [0.25, 0.3) is 0 Å². The first-order valence-electron chi connectivity index (χ1n) is 6.76. The van der Waals surface area contributed by atoms with E-state index in [0.717, 1.165) is 6.07 Å². The summed E-state index contributed by atoms with van der Waals surface area (Å²) in [6.45, 7) is 0.738. The lowest BCUT2D eigenvalue weighted by Crippen LogP contribution is -2.24. The molecule has 1 unspecified atom stereocenters. The molecule has 0 spiro atoms. The Balaban J connectivity index is 2.00. The van der Waals surface area contributed by atoms with E-state index in [2.05, 4.69) is 0 Å². The molecule has 23 heavy (non-hydrogen) atoms. The molecule has 0 saturated carbocycles. The highest BCUT2D eigenvalue weighted by Gasteiger charge is 2.50. The van der Waals surface area contributed by atoms with E-state index in [1.165, 1.54) is 6.07 Å². The van der Waals surface area contributed by atoms with Crippen molar-refractivity contribution in [3.05, 3.63) is 23.3 Å². The third kappa shape index (κ3) is 3.30. The molecule has 0 radical (unpaired) electrons. The van der Waals surface area contributed by atoms with Crippen LogP contribution in [0.2, 0.25) is 0 Å². The van der Waals surface area contributed by atoms with E-state index in [-0.39, 0.29) is 24.0 Å². The molecular formula is C14H11F5O3S. The molecule has 1 aliphatic heterocycles. The van der Waals surface area contributed by atoms with Gasteiger partial charge in [-0.15, -0.1) is 0 Å². The first kappa shape index (κ1) is 16.5. The summed E-state index contributed by atoms with van der Waals surface area (Å²) in [6.07, 6.45) is -0.751. The molecule has 3 nitrogen and oxygen atoms in total. The van der Waals surface area contributed by atoms with Crippen molar-refractivity contribution in [3.63, 3.8) is 0 Å². The fourth-order valence-corrected chi connectivity index (χ4v) is 3.33. The largest absolute Gasteiger partial charge is 0.488 e. The highest BCUT2D eigenvalue weighted by molar-refractivity contribution is 8.00. The van der Waals surface area contributed by atoms with Crippen LogP contribution in [0.1, 0.15) is 22.3 Å². The third-order valence-corrected chi connectivity index (χ3v) is 4.39. The number of carbonyl (C=O) groups excluding carboxylic acids is 1. The normalized spacial score (nSPS) is 23.2. The minimum atomic E-state index is -4.67. The fraction of sp³-hybridized carbons (Fsp3) is 0.500. The summed E-state index contributed by atoms with van der Waals surface area (Å²) in [6, 6.07) is 2.21. The number of rotatable bonds is 3. The molecule has 3 rings (SSSR count). The van der Waals surface area contributed by atoms with E-state index in [1.807, 2.05) is 0 Å². The van der Waals surface area contributed by atoms with Crippen LogP contribution in [-0.4, -0.2) is 36.5 Å². The molecule has 0 aromatic heterocycles. The van der Waals surface area contributed by atoms with Crippen molar-refractivity contribution in [1.82, 2.24) is 0 Å². The number of carbonyl (C=O) groups is 1. The van der Waals surface area contributed by atoms with Crippen molar-refractivity contribution in [3.8, 4) is 5.75 Å². The first-order valence-corrected chi connectivity index (χ1v) is 7.58. The van der Waals surface area contributed by atoms with Gasteiger partial charge >= 0.3 is 11.4 Å². The lowest BCUT2D eigenvalue weighted by atomic mass is 10.1. The maximum atomic E-state index is 13.7. The lowest BCUT2D eigenvalue weighted by Gasteiger charge is -2.16. The summed E-state index contributed by atoms with van der Waals surface area (Å²) >= 11 is -0.572. The zero-order valence-electron chi connectivity index (χ0n) is 11.6. The van der Waals surface area contributed by atoms with Crippen molar-refractivity contribution in [2.75, 3.05) is 13.2 Å². The first-order chi connectivity index (χ1) is 10.7.